The summed E-state index contributed by atoms with van der Waals surface area (Å²) >= 11 is 0. The SMILES string of the molecule is O=C1NC(=O)[C@H]2[C@@H]1[C@H](C(=O)c1ccc3c(c1)OCO3)N1C=Cc3ccccc3[C@H]21. The average Bonchev–Trinajstić information content (AvgIpc) is 3.41. The van der Waals surface area contributed by atoms with E-state index < -0.39 is 17.9 Å². The normalized spacial score (nSPS) is 28.1. The number of amides is 2. The first-order chi connectivity index (χ1) is 14.1. The number of carbonyl (C=O) groups is 3. The summed E-state index contributed by atoms with van der Waals surface area (Å²) in [7, 11) is 0. The zero-order chi connectivity index (χ0) is 19.7. The highest BCUT2D eigenvalue weighted by Crippen LogP contribution is 2.51. The molecule has 2 amide bonds. The topological polar surface area (TPSA) is 84.9 Å². The second-order valence-electron chi connectivity index (χ2n) is 7.62. The summed E-state index contributed by atoms with van der Waals surface area (Å²) in [5.41, 5.74) is 2.38. The summed E-state index contributed by atoms with van der Waals surface area (Å²) in [5.74, 6) is -1.16. The highest BCUT2D eigenvalue weighted by molar-refractivity contribution is 6.12. The van der Waals surface area contributed by atoms with Gasteiger partial charge in [0.2, 0.25) is 18.6 Å². The molecule has 0 saturated carbocycles. The molecule has 2 aromatic rings. The number of Topliss-reactive ketones (excluding diaryl/α,β-unsaturated/α-hetero) is 1. The van der Waals surface area contributed by atoms with Crippen LogP contribution in [0.2, 0.25) is 0 Å². The minimum Gasteiger partial charge on any atom is -0.454 e. The fraction of sp³-hybridized carbons (Fsp3) is 0.227. The molecule has 29 heavy (non-hydrogen) atoms. The van der Waals surface area contributed by atoms with E-state index in [4.69, 9.17) is 9.47 Å². The van der Waals surface area contributed by atoms with Gasteiger partial charge in [0, 0.05) is 11.8 Å². The molecule has 4 atom stereocenters. The first-order valence-electron chi connectivity index (χ1n) is 9.46. The highest BCUT2D eigenvalue weighted by Gasteiger charge is 2.61. The van der Waals surface area contributed by atoms with Gasteiger partial charge in [-0.2, -0.15) is 0 Å². The number of benzene rings is 2. The third-order valence-corrected chi connectivity index (χ3v) is 6.23. The summed E-state index contributed by atoms with van der Waals surface area (Å²) < 4.78 is 10.7. The number of carbonyl (C=O) groups excluding carboxylic acids is 3. The molecule has 2 fully saturated rings. The highest BCUT2D eigenvalue weighted by atomic mass is 16.7. The van der Waals surface area contributed by atoms with E-state index in [0.29, 0.717) is 17.1 Å². The number of ketones is 1. The molecule has 0 spiro atoms. The zero-order valence-corrected chi connectivity index (χ0v) is 15.2. The van der Waals surface area contributed by atoms with Gasteiger partial charge in [0.1, 0.15) is 6.04 Å². The van der Waals surface area contributed by atoms with E-state index in [1.165, 1.54) is 0 Å². The fourth-order valence-electron chi connectivity index (χ4n) is 4.99. The smallest absolute Gasteiger partial charge is 0.233 e. The molecule has 0 aliphatic carbocycles. The lowest BCUT2D eigenvalue weighted by molar-refractivity contribution is -0.127. The van der Waals surface area contributed by atoms with E-state index >= 15 is 0 Å². The molecule has 4 heterocycles. The number of ether oxygens (including phenoxy) is 2. The van der Waals surface area contributed by atoms with Crippen LogP contribution in [-0.2, 0) is 9.59 Å². The van der Waals surface area contributed by atoms with Gasteiger partial charge in [0.25, 0.3) is 0 Å². The maximum atomic E-state index is 13.5. The Morgan fingerprint density at radius 1 is 1.00 bits per heavy atom. The van der Waals surface area contributed by atoms with Gasteiger partial charge >= 0.3 is 0 Å². The summed E-state index contributed by atoms with van der Waals surface area (Å²) in [4.78, 5) is 40.8. The van der Waals surface area contributed by atoms with Crippen LogP contribution in [0.25, 0.3) is 6.08 Å². The van der Waals surface area contributed by atoms with E-state index in [-0.39, 0.29) is 30.4 Å². The predicted molar refractivity (Wildman–Crippen MR) is 101 cm³/mol. The summed E-state index contributed by atoms with van der Waals surface area (Å²) in [6.07, 6.45) is 3.76. The largest absolute Gasteiger partial charge is 0.454 e. The molecule has 2 saturated heterocycles. The van der Waals surface area contributed by atoms with Crippen LogP contribution in [0.4, 0.5) is 0 Å². The maximum Gasteiger partial charge on any atom is 0.233 e. The second kappa shape index (κ2) is 5.70. The third-order valence-electron chi connectivity index (χ3n) is 6.23. The monoisotopic (exact) mass is 388 g/mol. The van der Waals surface area contributed by atoms with Gasteiger partial charge in [-0.1, -0.05) is 24.3 Å². The standard InChI is InChI=1S/C22H16N2O5/c25-20(12-5-6-14-15(9-12)29-10-28-14)19-17-16(21(26)23-22(17)27)18-13-4-2-1-3-11(13)7-8-24(18)19/h1-9,16-19H,10H2,(H,23,26,27)/t16-,17+,18+,19+/m0/s1. The van der Waals surface area contributed by atoms with Crippen molar-refractivity contribution in [1.82, 2.24) is 10.2 Å². The molecule has 0 radical (unpaired) electrons. The Balaban J connectivity index is 1.47. The number of rotatable bonds is 2. The molecule has 2 aromatic carbocycles. The fourth-order valence-corrected chi connectivity index (χ4v) is 4.99. The van der Waals surface area contributed by atoms with Gasteiger partial charge in [-0.15, -0.1) is 0 Å². The molecule has 0 unspecified atom stereocenters. The summed E-state index contributed by atoms with van der Waals surface area (Å²) in [5, 5.41) is 2.44. The quantitative estimate of drug-likeness (QED) is 0.625. The van der Waals surface area contributed by atoms with Gasteiger partial charge in [-0.3, -0.25) is 19.7 Å². The molecular weight excluding hydrogens is 372 g/mol. The number of hydrogen-bond donors (Lipinski definition) is 1. The lowest BCUT2D eigenvalue weighted by Crippen LogP contribution is -2.42. The van der Waals surface area contributed by atoms with Crippen LogP contribution in [0, 0.1) is 11.8 Å². The molecule has 0 aromatic heterocycles. The number of imide groups is 1. The molecule has 144 valence electrons. The van der Waals surface area contributed by atoms with Crippen molar-refractivity contribution in [2.45, 2.75) is 12.1 Å². The minimum absolute atomic E-state index is 0.117. The van der Waals surface area contributed by atoms with Crippen molar-refractivity contribution in [2.75, 3.05) is 6.79 Å². The molecule has 6 rings (SSSR count). The second-order valence-corrected chi connectivity index (χ2v) is 7.62. The number of nitrogens with zero attached hydrogens (tertiary/aromatic N) is 1. The average molecular weight is 388 g/mol. The summed E-state index contributed by atoms with van der Waals surface area (Å²) in [6, 6.07) is 11.7. The predicted octanol–water partition coefficient (Wildman–Crippen LogP) is 1.90. The van der Waals surface area contributed by atoms with E-state index in [9.17, 15) is 14.4 Å². The van der Waals surface area contributed by atoms with E-state index in [1.807, 2.05) is 41.4 Å². The van der Waals surface area contributed by atoms with Crippen molar-refractivity contribution >= 4 is 23.7 Å². The van der Waals surface area contributed by atoms with Gasteiger partial charge in [0.05, 0.1) is 17.9 Å². The molecule has 4 aliphatic heterocycles. The van der Waals surface area contributed by atoms with Crippen molar-refractivity contribution < 1.29 is 23.9 Å². The van der Waals surface area contributed by atoms with Gasteiger partial charge in [-0.05, 0) is 35.4 Å². The Morgan fingerprint density at radius 3 is 2.69 bits per heavy atom. The number of fused-ring (bicyclic) bond motifs is 6. The molecular formula is C22H16N2O5. The Kier molecular flexibility index (Phi) is 3.21. The van der Waals surface area contributed by atoms with Crippen molar-refractivity contribution in [2.24, 2.45) is 11.8 Å². The van der Waals surface area contributed by atoms with Crippen LogP contribution in [-0.4, -0.2) is 35.3 Å². The summed E-state index contributed by atoms with van der Waals surface area (Å²) in [6.45, 7) is 0.117. The first kappa shape index (κ1) is 16.4. The van der Waals surface area contributed by atoms with Crippen LogP contribution < -0.4 is 14.8 Å². The Morgan fingerprint density at radius 2 is 1.79 bits per heavy atom. The number of hydrogen-bond acceptors (Lipinski definition) is 6. The Labute approximate surface area is 165 Å². The first-order valence-corrected chi connectivity index (χ1v) is 9.46. The Hall–Kier alpha value is -3.61. The van der Waals surface area contributed by atoms with Crippen LogP contribution in [0.3, 0.4) is 0 Å². The van der Waals surface area contributed by atoms with Crippen molar-refractivity contribution in [1.29, 1.82) is 0 Å². The molecule has 0 bridgehead atoms. The van der Waals surface area contributed by atoms with Crippen molar-refractivity contribution in [3.05, 3.63) is 65.4 Å². The van der Waals surface area contributed by atoms with Crippen molar-refractivity contribution in [3.63, 3.8) is 0 Å². The van der Waals surface area contributed by atoms with Gasteiger partial charge in [0.15, 0.2) is 17.3 Å². The van der Waals surface area contributed by atoms with Crippen LogP contribution in [0.15, 0.2) is 48.7 Å². The molecule has 4 aliphatic rings. The van der Waals surface area contributed by atoms with E-state index in [1.54, 1.807) is 18.2 Å². The van der Waals surface area contributed by atoms with Crippen molar-refractivity contribution in [3.8, 4) is 11.5 Å². The molecule has 7 heteroatoms. The lowest BCUT2D eigenvalue weighted by Gasteiger charge is -2.34. The number of nitrogens with one attached hydrogen (secondary N) is 1. The zero-order valence-electron chi connectivity index (χ0n) is 15.2. The molecule has 7 nitrogen and oxygen atoms in total. The third kappa shape index (κ3) is 2.15. The minimum atomic E-state index is -0.763. The van der Waals surface area contributed by atoms with Gasteiger partial charge in [-0.25, -0.2) is 0 Å². The maximum absolute atomic E-state index is 13.5. The Bertz CT molecular complexity index is 1120. The van der Waals surface area contributed by atoms with Crippen LogP contribution >= 0.6 is 0 Å². The van der Waals surface area contributed by atoms with Crippen LogP contribution in [0.1, 0.15) is 27.5 Å². The van der Waals surface area contributed by atoms with Gasteiger partial charge < -0.3 is 14.4 Å². The molecule has 1 N–H and O–H groups in total. The lowest BCUT2D eigenvalue weighted by atomic mass is 9.83. The van der Waals surface area contributed by atoms with E-state index in [2.05, 4.69) is 5.32 Å². The van der Waals surface area contributed by atoms with E-state index in [0.717, 1.165) is 11.1 Å². The van der Waals surface area contributed by atoms with Crippen LogP contribution in [0.5, 0.6) is 11.5 Å².